The first-order valence-electron chi connectivity index (χ1n) is 7.77. The molecule has 1 aliphatic heterocycles. The van der Waals surface area contributed by atoms with Crippen LogP contribution in [-0.4, -0.2) is 27.0 Å². The van der Waals surface area contributed by atoms with E-state index in [2.05, 4.69) is 5.10 Å². The predicted octanol–water partition coefficient (Wildman–Crippen LogP) is 3.89. The van der Waals surface area contributed by atoms with Crippen molar-refractivity contribution in [2.24, 2.45) is 0 Å². The summed E-state index contributed by atoms with van der Waals surface area (Å²) in [6.07, 6.45) is 2.31. The van der Waals surface area contributed by atoms with Gasteiger partial charge in [0.2, 0.25) is 0 Å². The first-order valence-corrected chi connectivity index (χ1v) is 8.15. The third-order valence-corrected chi connectivity index (χ3v) is 4.77. The van der Waals surface area contributed by atoms with Crippen molar-refractivity contribution in [3.8, 4) is 0 Å². The van der Waals surface area contributed by atoms with Gasteiger partial charge in [0.15, 0.2) is 5.69 Å². The molecule has 4 rings (SSSR count). The van der Waals surface area contributed by atoms with Gasteiger partial charge >= 0.3 is 0 Å². The standard InChI is InChI=1S/C18H15ClFN3O/c1-11-16-5-3-14(20)8-12(16)6-7-22(11)18(24)17-9-15-4-2-13(19)10-23(15)21-17/h2-5,8-11H,6-7H2,1H3. The SMILES string of the molecule is CC1c2ccc(F)cc2CCN1C(=O)c1cc2ccc(Cl)cn2n1. The zero-order chi connectivity index (χ0) is 16.8. The highest BCUT2D eigenvalue weighted by atomic mass is 35.5. The highest BCUT2D eigenvalue weighted by Crippen LogP contribution is 2.31. The molecule has 122 valence electrons. The molecule has 0 radical (unpaired) electrons. The van der Waals surface area contributed by atoms with E-state index in [1.54, 1.807) is 39.9 Å². The number of halogens is 2. The van der Waals surface area contributed by atoms with Gasteiger partial charge in [0.1, 0.15) is 5.82 Å². The number of nitrogens with zero attached hydrogens (tertiary/aromatic N) is 3. The number of amides is 1. The average Bonchev–Trinajstić information content (AvgIpc) is 2.97. The van der Waals surface area contributed by atoms with Gasteiger partial charge in [-0.3, -0.25) is 4.79 Å². The summed E-state index contributed by atoms with van der Waals surface area (Å²) in [5, 5.41) is 4.90. The summed E-state index contributed by atoms with van der Waals surface area (Å²) < 4.78 is 15.0. The minimum atomic E-state index is -0.238. The Hall–Kier alpha value is -2.40. The van der Waals surface area contributed by atoms with Crippen LogP contribution in [0.2, 0.25) is 5.02 Å². The Kier molecular flexibility index (Phi) is 3.53. The van der Waals surface area contributed by atoms with E-state index in [-0.39, 0.29) is 17.8 Å². The quantitative estimate of drug-likeness (QED) is 0.672. The van der Waals surface area contributed by atoms with Gasteiger partial charge in [0.05, 0.1) is 16.6 Å². The van der Waals surface area contributed by atoms with Crippen molar-refractivity contribution < 1.29 is 9.18 Å². The maximum Gasteiger partial charge on any atom is 0.274 e. The van der Waals surface area contributed by atoms with Crippen LogP contribution in [0.1, 0.15) is 34.6 Å². The summed E-state index contributed by atoms with van der Waals surface area (Å²) in [4.78, 5) is 14.7. The lowest BCUT2D eigenvalue weighted by Gasteiger charge is -2.34. The second-order valence-electron chi connectivity index (χ2n) is 6.01. The smallest absolute Gasteiger partial charge is 0.274 e. The van der Waals surface area contributed by atoms with E-state index < -0.39 is 0 Å². The molecule has 0 saturated heterocycles. The van der Waals surface area contributed by atoms with Gasteiger partial charge in [-0.05, 0) is 54.8 Å². The molecule has 0 aliphatic carbocycles. The highest BCUT2D eigenvalue weighted by Gasteiger charge is 2.29. The topological polar surface area (TPSA) is 37.6 Å². The maximum absolute atomic E-state index is 13.4. The Morgan fingerprint density at radius 1 is 1.29 bits per heavy atom. The molecule has 2 aromatic heterocycles. The normalized spacial score (nSPS) is 17.1. The van der Waals surface area contributed by atoms with Crippen LogP contribution >= 0.6 is 11.6 Å². The van der Waals surface area contributed by atoms with Crippen LogP contribution in [0.25, 0.3) is 5.52 Å². The third-order valence-electron chi connectivity index (χ3n) is 4.55. The summed E-state index contributed by atoms with van der Waals surface area (Å²) >= 11 is 5.96. The lowest BCUT2D eigenvalue weighted by atomic mass is 9.93. The number of hydrogen-bond donors (Lipinski definition) is 0. The molecule has 3 heterocycles. The Morgan fingerprint density at radius 3 is 2.96 bits per heavy atom. The molecule has 24 heavy (non-hydrogen) atoms. The zero-order valence-corrected chi connectivity index (χ0v) is 13.8. The van der Waals surface area contributed by atoms with Gasteiger partial charge in [0.25, 0.3) is 5.91 Å². The number of carbonyl (C=O) groups is 1. The van der Waals surface area contributed by atoms with E-state index in [9.17, 15) is 9.18 Å². The van der Waals surface area contributed by atoms with E-state index in [4.69, 9.17) is 11.6 Å². The largest absolute Gasteiger partial charge is 0.330 e. The monoisotopic (exact) mass is 343 g/mol. The Labute approximate surface area is 143 Å². The highest BCUT2D eigenvalue weighted by molar-refractivity contribution is 6.30. The lowest BCUT2D eigenvalue weighted by Crippen LogP contribution is -2.39. The van der Waals surface area contributed by atoms with Crippen molar-refractivity contribution in [2.45, 2.75) is 19.4 Å². The van der Waals surface area contributed by atoms with E-state index in [1.807, 2.05) is 13.0 Å². The third kappa shape index (κ3) is 2.45. The molecule has 1 atom stereocenters. The first kappa shape index (κ1) is 15.1. The van der Waals surface area contributed by atoms with Crippen molar-refractivity contribution >= 4 is 23.0 Å². The van der Waals surface area contributed by atoms with Crippen molar-refractivity contribution in [2.75, 3.05) is 6.54 Å². The summed E-state index contributed by atoms with van der Waals surface area (Å²) in [5.41, 5.74) is 3.15. The van der Waals surface area contributed by atoms with Crippen LogP contribution in [0.4, 0.5) is 4.39 Å². The molecular weight excluding hydrogens is 329 g/mol. The van der Waals surface area contributed by atoms with Gasteiger partial charge in [-0.25, -0.2) is 8.91 Å². The molecule has 1 unspecified atom stereocenters. The van der Waals surface area contributed by atoms with E-state index in [0.717, 1.165) is 16.6 Å². The van der Waals surface area contributed by atoms with E-state index in [1.165, 1.54) is 6.07 Å². The van der Waals surface area contributed by atoms with Crippen molar-refractivity contribution in [3.05, 3.63) is 70.3 Å². The van der Waals surface area contributed by atoms with Crippen LogP contribution in [0.5, 0.6) is 0 Å². The van der Waals surface area contributed by atoms with Crippen LogP contribution < -0.4 is 0 Å². The maximum atomic E-state index is 13.4. The second kappa shape index (κ2) is 5.60. The van der Waals surface area contributed by atoms with Crippen LogP contribution in [0, 0.1) is 5.82 Å². The Morgan fingerprint density at radius 2 is 2.12 bits per heavy atom. The van der Waals surface area contributed by atoms with Crippen molar-refractivity contribution in [1.29, 1.82) is 0 Å². The Balaban J connectivity index is 1.67. The van der Waals surface area contributed by atoms with Gasteiger partial charge < -0.3 is 4.90 Å². The molecule has 0 saturated carbocycles. The summed E-state index contributed by atoms with van der Waals surface area (Å²) in [6.45, 7) is 2.51. The molecule has 1 aromatic carbocycles. The van der Waals surface area contributed by atoms with Gasteiger partial charge in [-0.2, -0.15) is 5.10 Å². The second-order valence-corrected chi connectivity index (χ2v) is 6.45. The van der Waals surface area contributed by atoms with Crippen LogP contribution in [-0.2, 0) is 6.42 Å². The number of aromatic nitrogens is 2. The van der Waals surface area contributed by atoms with Crippen LogP contribution in [0.15, 0.2) is 42.6 Å². The fourth-order valence-electron chi connectivity index (χ4n) is 3.29. The molecule has 0 N–H and O–H groups in total. The number of benzene rings is 1. The summed E-state index contributed by atoms with van der Waals surface area (Å²) in [5.74, 6) is -0.366. The average molecular weight is 344 g/mol. The van der Waals surface area contributed by atoms with Gasteiger partial charge in [-0.1, -0.05) is 17.7 Å². The lowest BCUT2D eigenvalue weighted by molar-refractivity contribution is 0.0671. The summed E-state index contributed by atoms with van der Waals surface area (Å²) in [6, 6.07) is 9.99. The van der Waals surface area contributed by atoms with Gasteiger partial charge in [0, 0.05) is 12.7 Å². The molecule has 0 bridgehead atoms. The number of fused-ring (bicyclic) bond motifs is 2. The molecule has 1 aliphatic rings. The molecule has 1 amide bonds. The first-order chi connectivity index (χ1) is 11.5. The van der Waals surface area contributed by atoms with Crippen molar-refractivity contribution in [1.82, 2.24) is 14.5 Å². The number of pyridine rings is 1. The molecule has 6 heteroatoms. The Bertz CT molecular complexity index is 953. The van der Waals surface area contributed by atoms with Crippen LogP contribution in [0.3, 0.4) is 0 Å². The fraction of sp³-hybridized carbons (Fsp3) is 0.222. The molecular formula is C18H15ClFN3O. The fourth-order valence-corrected chi connectivity index (χ4v) is 3.45. The molecule has 0 spiro atoms. The van der Waals surface area contributed by atoms with E-state index in [0.29, 0.717) is 23.7 Å². The zero-order valence-electron chi connectivity index (χ0n) is 13.0. The number of hydrogen-bond acceptors (Lipinski definition) is 2. The number of rotatable bonds is 1. The van der Waals surface area contributed by atoms with E-state index >= 15 is 0 Å². The number of carbonyl (C=O) groups excluding carboxylic acids is 1. The molecule has 3 aromatic rings. The minimum Gasteiger partial charge on any atom is -0.330 e. The molecule has 0 fully saturated rings. The van der Waals surface area contributed by atoms with Gasteiger partial charge in [-0.15, -0.1) is 0 Å². The molecule has 4 nitrogen and oxygen atoms in total. The van der Waals surface area contributed by atoms with Crippen molar-refractivity contribution in [3.63, 3.8) is 0 Å². The summed E-state index contributed by atoms with van der Waals surface area (Å²) in [7, 11) is 0. The minimum absolute atomic E-state index is 0.116. The predicted molar refractivity (Wildman–Crippen MR) is 89.8 cm³/mol.